The Hall–Kier alpha value is -2.34. The highest BCUT2D eigenvalue weighted by Crippen LogP contribution is 2.17. The molecule has 0 atom stereocenters. The van der Waals surface area contributed by atoms with E-state index in [4.69, 9.17) is 0 Å². The molecule has 136 valence electrons. The smallest absolute Gasteiger partial charge is 0.253 e. The summed E-state index contributed by atoms with van der Waals surface area (Å²) in [6.45, 7) is 1.78. The van der Waals surface area contributed by atoms with Gasteiger partial charge in [0, 0.05) is 34.5 Å². The summed E-state index contributed by atoms with van der Waals surface area (Å²) in [6, 6.07) is 14.8. The van der Waals surface area contributed by atoms with E-state index in [0.717, 1.165) is 36.1 Å². The molecule has 2 amide bonds. The standard InChI is InChI=1S/C20H22BrN3O2/c21-16-7-9-17(10-8-16)22-14-19(25)23-18-6-4-5-15(13-18)20(26)24-11-2-1-3-12-24/h4-10,13,22H,1-3,11-12,14H2,(H,23,25). The van der Waals surface area contributed by atoms with Crippen LogP contribution < -0.4 is 10.6 Å². The van der Waals surface area contributed by atoms with Crippen LogP contribution >= 0.6 is 15.9 Å². The maximum absolute atomic E-state index is 12.6. The van der Waals surface area contributed by atoms with Gasteiger partial charge in [-0.1, -0.05) is 22.0 Å². The number of hydrogen-bond donors (Lipinski definition) is 2. The first-order valence-corrected chi connectivity index (χ1v) is 9.60. The Labute approximate surface area is 161 Å². The van der Waals surface area contributed by atoms with Crippen molar-refractivity contribution in [3.8, 4) is 0 Å². The van der Waals surface area contributed by atoms with Crippen molar-refractivity contribution in [1.82, 2.24) is 4.90 Å². The Morgan fingerprint density at radius 2 is 1.69 bits per heavy atom. The fourth-order valence-electron chi connectivity index (χ4n) is 2.96. The SMILES string of the molecule is O=C(CNc1ccc(Br)cc1)Nc1cccc(C(=O)N2CCCCC2)c1. The predicted octanol–water partition coefficient (Wildman–Crippen LogP) is 4.13. The quantitative estimate of drug-likeness (QED) is 0.771. The van der Waals surface area contributed by atoms with Crippen LogP contribution in [0, 0.1) is 0 Å². The van der Waals surface area contributed by atoms with Crippen LogP contribution in [-0.2, 0) is 4.79 Å². The second-order valence-corrected chi connectivity index (χ2v) is 7.26. The van der Waals surface area contributed by atoms with E-state index >= 15 is 0 Å². The molecule has 1 heterocycles. The van der Waals surface area contributed by atoms with Gasteiger partial charge in [0.05, 0.1) is 6.54 Å². The Kier molecular flexibility index (Phi) is 6.28. The molecule has 2 aromatic rings. The minimum atomic E-state index is -0.157. The van der Waals surface area contributed by atoms with E-state index in [1.54, 1.807) is 24.3 Å². The van der Waals surface area contributed by atoms with E-state index < -0.39 is 0 Å². The third kappa shape index (κ3) is 5.08. The van der Waals surface area contributed by atoms with Crippen LogP contribution in [0.1, 0.15) is 29.6 Å². The van der Waals surface area contributed by atoms with Crippen molar-refractivity contribution in [2.24, 2.45) is 0 Å². The number of carbonyl (C=O) groups excluding carboxylic acids is 2. The molecule has 1 aliphatic heterocycles. The molecule has 5 nitrogen and oxygen atoms in total. The van der Waals surface area contributed by atoms with Crippen molar-refractivity contribution in [3.05, 3.63) is 58.6 Å². The molecule has 1 saturated heterocycles. The molecule has 2 N–H and O–H groups in total. The monoisotopic (exact) mass is 415 g/mol. The predicted molar refractivity (Wildman–Crippen MR) is 107 cm³/mol. The fourth-order valence-corrected chi connectivity index (χ4v) is 3.23. The molecular formula is C20H22BrN3O2. The Morgan fingerprint density at radius 1 is 0.962 bits per heavy atom. The maximum Gasteiger partial charge on any atom is 0.253 e. The van der Waals surface area contributed by atoms with E-state index in [1.165, 1.54) is 6.42 Å². The van der Waals surface area contributed by atoms with Gasteiger partial charge in [-0.25, -0.2) is 0 Å². The summed E-state index contributed by atoms with van der Waals surface area (Å²) in [5, 5.41) is 5.91. The topological polar surface area (TPSA) is 61.4 Å². The minimum Gasteiger partial charge on any atom is -0.376 e. The van der Waals surface area contributed by atoms with E-state index in [9.17, 15) is 9.59 Å². The first kappa shape index (κ1) is 18.5. The molecule has 0 radical (unpaired) electrons. The molecule has 26 heavy (non-hydrogen) atoms. The molecule has 0 aliphatic carbocycles. The number of amides is 2. The number of likely N-dealkylation sites (tertiary alicyclic amines) is 1. The molecule has 6 heteroatoms. The highest BCUT2D eigenvalue weighted by molar-refractivity contribution is 9.10. The molecule has 0 aromatic heterocycles. The second-order valence-electron chi connectivity index (χ2n) is 6.34. The molecule has 0 spiro atoms. The normalized spacial score (nSPS) is 14.0. The van der Waals surface area contributed by atoms with Gasteiger partial charge >= 0.3 is 0 Å². The van der Waals surface area contributed by atoms with Crippen LogP contribution in [0.15, 0.2) is 53.0 Å². The van der Waals surface area contributed by atoms with Gasteiger partial charge in [-0.15, -0.1) is 0 Å². The van der Waals surface area contributed by atoms with Crippen LogP contribution in [0.25, 0.3) is 0 Å². The van der Waals surface area contributed by atoms with E-state index in [0.29, 0.717) is 11.3 Å². The van der Waals surface area contributed by atoms with Crippen LogP contribution in [-0.4, -0.2) is 36.3 Å². The summed E-state index contributed by atoms with van der Waals surface area (Å²) in [5.74, 6) is -0.121. The Bertz CT molecular complexity index is 771. The lowest BCUT2D eigenvalue weighted by molar-refractivity contribution is -0.114. The lowest BCUT2D eigenvalue weighted by atomic mass is 10.1. The summed E-state index contributed by atoms with van der Waals surface area (Å²) in [4.78, 5) is 26.6. The van der Waals surface area contributed by atoms with Crippen LogP contribution in [0.5, 0.6) is 0 Å². The van der Waals surface area contributed by atoms with Crippen LogP contribution in [0.4, 0.5) is 11.4 Å². The molecule has 2 aromatic carbocycles. The average molecular weight is 416 g/mol. The number of nitrogens with zero attached hydrogens (tertiary/aromatic N) is 1. The lowest BCUT2D eigenvalue weighted by Gasteiger charge is -2.26. The Morgan fingerprint density at radius 3 is 2.42 bits per heavy atom. The van der Waals surface area contributed by atoms with Crippen molar-refractivity contribution in [3.63, 3.8) is 0 Å². The van der Waals surface area contributed by atoms with Gasteiger partial charge in [-0.05, 0) is 61.7 Å². The number of anilines is 2. The fraction of sp³-hybridized carbons (Fsp3) is 0.300. The lowest BCUT2D eigenvalue weighted by Crippen LogP contribution is -2.35. The highest BCUT2D eigenvalue weighted by Gasteiger charge is 2.18. The van der Waals surface area contributed by atoms with Gasteiger partial charge in [0.1, 0.15) is 0 Å². The summed E-state index contributed by atoms with van der Waals surface area (Å²) in [5.41, 5.74) is 2.12. The minimum absolute atomic E-state index is 0.0359. The van der Waals surface area contributed by atoms with E-state index in [2.05, 4.69) is 26.6 Å². The van der Waals surface area contributed by atoms with Crippen LogP contribution in [0.3, 0.4) is 0 Å². The molecule has 1 fully saturated rings. The highest BCUT2D eigenvalue weighted by atomic mass is 79.9. The molecular weight excluding hydrogens is 394 g/mol. The number of benzene rings is 2. The first-order chi connectivity index (χ1) is 12.6. The number of piperidine rings is 1. The third-order valence-electron chi connectivity index (χ3n) is 4.33. The average Bonchev–Trinajstić information content (AvgIpc) is 2.68. The van der Waals surface area contributed by atoms with E-state index in [1.807, 2.05) is 29.2 Å². The number of rotatable bonds is 5. The largest absolute Gasteiger partial charge is 0.376 e. The zero-order valence-electron chi connectivity index (χ0n) is 14.5. The zero-order valence-corrected chi connectivity index (χ0v) is 16.1. The zero-order chi connectivity index (χ0) is 18.4. The van der Waals surface area contributed by atoms with Crippen molar-refractivity contribution < 1.29 is 9.59 Å². The molecule has 0 unspecified atom stereocenters. The van der Waals surface area contributed by atoms with E-state index in [-0.39, 0.29) is 18.4 Å². The number of hydrogen-bond acceptors (Lipinski definition) is 3. The summed E-state index contributed by atoms with van der Waals surface area (Å²) in [7, 11) is 0. The van der Waals surface area contributed by atoms with Gasteiger partial charge in [0.2, 0.25) is 5.91 Å². The third-order valence-corrected chi connectivity index (χ3v) is 4.86. The van der Waals surface area contributed by atoms with Crippen molar-refractivity contribution in [2.75, 3.05) is 30.3 Å². The van der Waals surface area contributed by atoms with Gasteiger partial charge in [0.15, 0.2) is 0 Å². The first-order valence-electron chi connectivity index (χ1n) is 8.80. The molecule has 1 aliphatic rings. The number of carbonyl (C=O) groups is 2. The van der Waals surface area contributed by atoms with Gasteiger partial charge in [-0.2, -0.15) is 0 Å². The molecule has 0 saturated carbocycles. The number of nitrogens with one attached hydrogen (secondary N) is 2. The van der Waals surface area contributed by atoms with Crippen molar-refractivity contribution >= 4 is 39.1 Å². The van der Waals surface area contributed by atoms with Gasteiger partial charge in [-0.3, -0.25) is 9.59 Å². The second kappa shape index (κ2) is 8.85. The van der Waals surface area contributed by atoms with Gasteiger partial charge in [0.25, 0.3) is 5.91 Å². The molecule has 3 rings (SSSR count). The Balaban J connectivity index is 1.56. The molecule has 0 bridgehead atoms. The summed E-state index contributed by atoms with van der Waals surface area (Å²) >= 11 is 3.38. The summed E-state index contributed by atoms with van der Waals surface area (Å²) in [6.07, 6.45) is 3.30. The number of halogens is 1. The van der Waals surface area contributed by atoms with Crippen molar-refractivity contribution in [1.29, 1.82) is 0 Å². The maximum atomic E-state index is 12.6. The van der Waals surface area contributed by atoms with Gasteiger partial charge < -0.3 is 15.5 Å². The van der Waals surface area contributed by atoms with Crippen molar-refractivity contribution in [2.45, 2.75) is 19.3 Å². The summed E-state index contributed by atoms with van der Waals surface area (Å²) < 4.78 is 0.989. The van der Waals surface area contributed by atoms with Crippen LogP contribution in [0.2, 0.25) is 0 Å².